The minimum Gasteiger partial charge on any atom is -0.481 e. The molecule has 0 saturated carbocycles. The third kappa shape index (κ3) is 3.57. The number of carbonyl (C=O) groups excluding carboxylic acids is 1. The van der Waals surface area contributed by atoms with Gasteiger partial charge >= 0.3 is 12.0 Å². The van der Waals surface area contributed by atoms with E-state index in [2.05, 4.69) is 15.5 Å². The van der Waals surface area contributed by atoms with Gasteiger partial charge in [0.15, 0.2) is 5.01 Å². The maximum atomic E-state index is 13.9. The van der Waals surface area contributed by atoms with Crippen LogP contribution >= 0.6 is 22.9 Å². The van der Waals surface area contributed by atoms with Crippen molar-refractivity contribution >= 4 is 40.1 Å². The molecule has 0 aliphatic carbocycles. The standard InChI is InChI=1S/C15H14ClFN4O3S/c1-15(12(22)23)4-5-21(7-15)14(24)18-13-20-19-11(25-13)9-3-2-8(16)6-10(9)17/h2-3,6H,4-5,7H2,1H3,(H,22,23)(H,18,20,24). The van der Waals surface area contributed by atoms with E-state index in [0.717, 1.165) is 11.3 Å². The van der Waals surface area contributed by atoms with Crippen molar-refractivity contribution in [3.05, 3.63) is 29.0 Å². The SMILES string of the molecule is CC1(C(=O)O)CCN(C(=O)Nc2nnc(-c3ccc(Cl)cc3F)s2)C1. The molecule has 7 nitrogen and oxygen atoms in total. The molecule has 2 heterocycles. The van der Waals surface area contributed by atoms with Gasteiger partial charge in [0, 0.05) is 23.7 Å². The van der Waals surface area contributed by atoms with Crippen molar-refractivity contribution in [1.82, 2.24) is 15.1 Å². The summed E-state index contributed by atoms with van der Waals surface area (Å²) in [6.45, 7) is 2.06. The normalized spacial score (nSPS) is 19.9. The topological polar surface area (TPSA) is 95.4 Å². The van der Waals surface area contributed by atoms with Gasteiger partial charge in [-0.25, -0.2) is 9.18 Å². The molecule has 1 unspecified atom stereocenters. The van der Waals surface area contributed by atoms with E-state index in [1.165, 1.54) is 23.1 Å². The predicted molar refractivity (Wildman–Crippen MR) is 91.3 cm³/mol. The highest BCUT2D eigenvalue weighted by atomic mass is 35.5. The summed E-state index contributed by atoms with van der Waals surface area (Å²) in [6.07, 6.45) is 0.382. The molecular weight excluding hydrogens is 371 g/mol. The molecule has 0 bridgehead atoms. The molecule has 1 fully saturated rings. The second-order valence-electron chi connectivity index (χ2n) is 6.00. The van der Waals surface area contributed by atoms with Gasteiger partial charge in [0.05, 0.1) is 5.41 Å². The molecule has 1 aromatic heterocycles. The Balaban J connectivity index is 1.70. The lowest BCUT2D eigenvalue weighted by Crippen LogP contribution is -2.37. The first-order valence-corrected chi connectivity index (χ1v) is 8.56. The van der Waals surface area contributed by atoms with E-state index >= 15 is 0 Å². The Morgan fingerprint density at radius 1 is 1.44 bits per heavy atom. The van der Waals surface area contributed by atoms with Crippen molar-refractivity contribution in [2.75, 3.05) is 18.4 Å². The summed E-state index contributed by atoms with van der Waals surface area (Å²) < 4.78 is 13.9. The molecule has 2 aromatic rings. The number of halogens is 2. The first kappa shape index (κ1) is 17.6. The van der Waals surface area contributed by atoms with Crippen LogP contribution in [0, 0.1) is 11.2 Å². The Morgan fingerprint density at radius 2 is 2.20 bits per heavy atom. The van der Waals surface area contributed by atoms with Crippen LogP contribution in [0.15, 0.2) is 18.2 Å². The maximum Gasteiger partial charge on any atom is 0.323 e. The summed E-state index contributed by atoms with van der Waals surface area (Å²) >= 11 is 6.74. The second kappa shape index (κ2) is 6.57. The number of carboxylic acid groups (broad SMARTS) is 1. The number of benzene rings is 1. The summed E-state index contributed by atoms with van der Waals surface area (Å²) in [5, 5.41) is 20.3. The molecule has 1 aliphatic heterocycles. The van der Waals surface area contributed by atoms with Crippen LogP contribution in [-0.2, 0) is 4.79 Å². The predicted octanol–water partition coefficient (Wildman–Crippen LogP) is 3.33. The number of hydrogen-bond donors (Lipinski definition) is 2. The van der Waals surface area contributed by atoms with Crippen LogP contribution in [0.2, 0.25) is 5.02 Å². The van der Waals surface area contributed by atoms with E-state index < -0.39 is 23.2 Å². The number of aliphatic carboxylic acids is 1. The maximum absolute atomic E-state index is 13.9. The highest BCUT2D eigenvalue weighted by molar-refractivity contribution is 7.18. The summed E-state index contributed by atoms with van der Waals surface area (Å²) in [7, 11) is 0. The van der Waals surface area contributed by atoms with Crippen molar-refractivity contribution < 1.29 is 19.1 Å². The summed E-state index contributed by atoms with van der Waals surface area (Å²) in [5.41, 5.74) is -0.710. The molecule has 25 heavy (non-hydrogen) atoms. The zero-order valence-electron chi connectivity index (χ0n) is 13.1. The lowest BCUT2D eigenvalue weighted by Gasteiger charge is -2.19. The van der Waals surface area contributed by atoms with Crippen molar-refractivity contribution in [2.45, 2.75) is 13.3 Å². The van der Waals surface area contributed by atoms with Gasteiger partial charge in [0.2, 0.25) is 5.13 Å². The zero-order valence-corrected chi connectivity index (χ0v) is 14.7. The molecule has 1 aromatic carbocycles. The minimum absolute atomic E-state index is 0.117. The fourth-order valence-electron chi connectivity index (χ4n) is 2.53. The number of amides is 2. The quantitative estimate of drug-likeness (QED) is 0.846. The molecule has 1 aliphatic rings. The van der Waals surface area contributed by atoms with E-state index in [4.69, 9.17) is 11.6 Å². The fraction of sp³-hybridized carbons (Fsp3) is 0.333. The van der Waals surface area contributed by atoms with Crippen LogP contribution in [0.3, 0.4) is 0 Å². The smallest absolute Gasteiger partial charge is 0.323 e. The Kier molecular flexibility index (Phi) is 4.61. The number of urea groups is 1. The number of likely N-dealkylation sites (tertiary alicyclic amines) is 1. The molecule has 0 radical (unpaired) electrons. The van der Waals surface area contributed by atoms with Crippen LogP contribution in [0.25, 0.3) is 10.6 Å². The second-order valence-corrected chi connectivity index (χ2v) is 7.42. The van der Waals surface area contributed by atoms with Gasteiger partial charge in [-0.2, -0.15) is 0 Å². The van der Waals surface area contributed by atoms with Crippen LogP contribution in [0.1, 0.15) is 13.3 Å². The highest BCUT2D eigenvalue weighted by Crippen LogP contribution is 2.32. The molecule has 10 heteroatoms. The number of nitrogens with zero attached hydrogens (tertiary/aromatic N) is 3. The molecule has 1 atom stereocenters. The molecule has 3 rings (SSSR count). The Hall–Kier alpha value is -2.26. The third-order valence-corrected chi connectivity index (χ3v) is 5.18. The van der Waals surface area contributed by atoms with E-state index in [0.29, 0.717) is 18.0 Å². The van der Waals surface area contributed by atoms with Gasteiger partial charge in [0.1, 0.15) is 5.82 Å². The number of carbonyl (C=O) groups is 2. The van der Waals surface area contributed by atoms with Gasteiger partial charge in [-0.3, -0.25) is 10.1 Å². The molecule has 132 valence electrons. The molecular formula is C15H14ClFN4O3S. The summed E-state index contributed by atoms with van der Waals surface area (Å²) in [4.78, 5) is 24.9. The van der Waals surface area contributed by atoms with E-state index in [-0.39, 0.29) is 22.3 Å². The van der Waals surface area contributed by atoms with Gasteiger partial charge in [-0.05, 0) is 31.5 Å². The lowest BCUT2D eigenvalue weighted by molar-refractivity contribution is -0.146. The number of aromatic nitrogens is 2. The van der Waals surface area contributed by atoms with Crippen LogP contribution in [0.5, 0.6) is 0 Å². The summed E-state index contributed by atoms with van der Waals surface area (Å²) in [6, 6.07) is 3.75. The van der Waals surface area contributed by atoms with Gasteiger partial charge in [-0.1, -0.05) is 22.9 Å². The molecule has 1 saturated heterocycles. The summed E-state index contributed by atoms with van der Waals surface area (Å²) in [5.74, 6) is -1.46. The van der Waals surface area contributed by atoms with Gasteiger partial charge in [0.25, 0.3) is 0 Å². The Morgan fingerprint density at radius 3 is 2.84 bits per heavy atom. The fourth-order valence-corrected chi connectivity index (χ4v) is 3.44. The Bertz CT molecular complexity index is 846. The average Bonchev–Trinajstić information content (AvgIpc) is 3.15. The number of hydrogen-bond acceptors (Lipinski definition) is 5. The monoisotopic (exact) mass is 384 g/mol. The van der Waals surface area contributed by atoms with Crippen molar-refractivity contribution in [1.29, 1.82) is 0 Å². The number of carboxylic acids is 1. The van der Waals surface area contributed by atoms with E-state index in [1.54, 1.807) is 6.92 Å². The number of rotatable bonds is 3. The van der Waals surface area contributed by atoms with Gasteiger partial charge < -0.3 is 10.0 Å². The highest BCUT2D eigenvalue weighted by Gasteiger charge is 2.42. The lowest BCUT2D eigenvalue weighted by atomic mass is 9.90. The molecule has 0 spiro atoms. The van der Waals surface area contributed by atoms with Crippen molar-refractivity contribution in [3.8, 4) is 10.6 Å². The van der Waals surface area contributed by atoms with Crippen LogP contribution < -0.4 is 5.32 Å². The largest absolute Gasteiger partial charge is 0.481 e. The van der Waals surface area contributed by atoms with Crippen molar-refractivity contribution in [2.24, 2.45) is 5.41 Å². The first-order chi connectivity index (χ1) is 11.8. The molecule has 2 N–H and O–H groups in total. The van der Waals surface area contributed by atoms with E-state index in [1.807, 2.05) is 0 Å². The molecule has 2 amide bonds. The van der Waals surface area contributed by atoms with E-state index in [9.17, 15) is 19.1 Å². The minimum atomic E-state index is -0.948. The van der Waals surface area contributed by atoms with Crippen LogP contribution in [-0.4, -0.2) is 45.3 Å². The van der Waals surface area contributed by atoms with Crippen LogP contribution in [0.4, 0.5) is 14.3 Å². The number of nitrogens with one attached hydrogen (secondary N) is 1. The first-order valence-electron chi connectivity index (χ1n) is 7.37. The van der Waals surface area contributed by atoms with Gasteiger partial charge in [-0.15, -0.1) is 10.2 Å². The average molecular weight is 385 g/mol. The Labute approximate surface area is 151 Å². The third-order valence-electron chi connectivity index (χ3n) is 4.08. The zero-order chi connectivity index (χ0) is 18.2. The number of anilines is 1. The van der Waals surface area contributed by atoms with Crippen molar-refractivity contribution in [3.63, 3.8) is 0 Å².